The zero-order valence-electron chi connectivity index (χ0n) is 13.4. The van der Waals surface area contributed by atoms with E-state index in [1.807, 2.05) is 30.3 Å². The number of esters is 1. The standard InChI is InChI=1S/C19H16BrNO3S/c20-14-7-2-1-6-13(14)16(22)12-24-19(23)11-5-10-18-21-15-8-3-4-9-17(15)25-18/h1-4,6-9H,5,10-12H2. The van der Waals surface area contributed by atoms with E-state index in [0.717, 1.165) is 21.6 Å². The van der Waals surface area contributed by atoms with Crippen molar-refractivity contribution < 1.29 is 14.3 Å². The van der Waals surface area contributed by atoms with Gasteiger partial charge in [0, 0.05) is 16.5 Å². The Kier molecular flexibility index (Phi) is 5.94. The molecule has 6 heteroatoms. The molecule has 3 rings (SSSR count). The lowest BCUT2D eigenvalue weighted by Gasteiger charge is -2.05. The predicted octanol–water partition coefficient (Wildman–Crippen LogP) is 4.81. The van der Waals surface area contributed by atoms with Crippen molar-refractivity contribution in [3.05, 3.63) is 63.6 Å². The Morgan fingerprint density at radius 1 is 1.08 bits per heavy atom. The van der Waals surface area contributed by atoms with Crippen molar-refractivity contribution in [2.75, 3.05) is 6.61 Å². The maximum Gasteiger partial charge on any atom is 0.306 e. The molecule has 4 nitrogen and oxygen atoms in total. The molecule has 0 unspecified atom stereocenters. The van der Waals surface area contributed by atoms with Crippen LogP contribution in [0.5, 0.6) is 0 Å². The molecule has 0 aliphatic heterocycles. The summed E-state index contributed by atoms with van der Waals surface area (Å²) in [5, 5.41) is 1.01. The smallest absolute Gasteiger partial charge is 0.306 e. The summed E-state index contributed by atoms with van der Waals surface area (Å²) in [6.45, 7) is -0.234. The zero-order valence-corrected chi connectivity index (χ0v) is 15.8. The third kappa shape index (κ3) is 4.74. The molecule has 0 aliphatic rings. The van der Waals surface area contributed by atoms with Crippen LogP contribution in [0.3, 0.4) is 0 Å². The first-order valence-electron chi connectivity index (χ1n) is 7.91. The van der Waals surface area contributed by atoms with Crippen LogP contribution in [0, 0.1) is 0 Å². The van der Waals surface area contributed by atoms with Crippen molar-refractivity contribution in [1.82, 2.24) is 4.98 Å². The van der Waals surface area contributed by atoms with E-state index >= 15 is 0 Å². The molecular weight excluding hydrogens is 402 g/mol. The van der Waals surface area contributed by atoms with E-state index in [2.05, 4.69) is 20.9 Å². The third-order valence-corrected chi connectivity index (χ3v) is 5.44. The first-order chi connectivity index (χ1) is 12.1. The number of aromatic nitrogens is 1. The molecule has 25 heavy (non-hydrogen) atoms. The second kappa shape index (κ2) is 8.36. The normalized spacial score (nSPS) is 10.8. The lowest BCUT2D eigenvalue weighted by Crippen LogP contribution is -2.14. The Bertz CT molecular complexity index is 873. The minimum atomic E-state index is -0.360. The van der Waals surface area contributed by atoms with Crippen molar-refractivity contribution in [1.29, 1.82) is 0 Å². The number of thiazole rings is 1. The number of para-hydroxylation sites is 1. The molecule has 0 saturated heterocycles. The summed E-state index contributed by atoms with van der Waals surface area (Å²) >= 11 is 4.96. The lowest BCUT2D eigenvalue weighted by atomic mass is 10.1. The Balaban J connectivity index is 1.43. The number of halogens is 1. The largest absolute Gasteiger partial charge is 0.457 e. The van der Waals surface area contributed by atoms with Crippen molar-refractivity contribution in [2.24, 2.45) is 0 Å². The van der Waals surface area contributed by atoms with Gasteiger partial charge < -0.3 is 4.74 Å². The fourth-order valence-corrected chi connectivity index (χ4v) is 3.91. The minimum absolute atomic E-state index is 0.216. The van der Waals surface area contributed by atoms with Gasteiger partial charge >= 0.3 is 5.97 Å². The summed E-state index contributed by atoms with van der Waals surface area (Å²) in [4.78, 5) is 28.4. The van der Waals surface area contributed by atoms with Crippen LogP contribution in [0.4, 0.5) is 0 Å². The third-order valence-electron chi connectivity index (χ3n) is 3.65. The highest BCUT2D eigenvalue weighted by Gasteiger charge is 2.12. The van der Waals surface area contributed by atoms with Gasteiger partial charge in [-0.05, 0) is 31.0 Å². The number of carbonyl (C=O) groups excluding carboxylic acids is 2. The Labute approximate surface area is 158 Å². The number of fused-ring (bicyclic) bond motifs is 1. The maximum absolute atomic E-state index is 12.0. The fraction of sp³-hybridized carbons (Fsp3) is 0.211. The molecule has 0 spiro atoms. The SMILES string of the molecule is O=C(CCCc1nc2ccccc2s1)OCC(=O)c1ccccc1Br. The Morgan fingerprint density at radius 2 is 1.84 bits per heavy atom. The highest BCUT2D eigenvalue weighted by atomic mass is 79.9. The lowest BCUT2D eigenvalue weighted by molar-refractivity contribution is -0.142. The van der Waals surface area contributed by atoms with E-state index in [-0.39, 0.29) is 24.8 Å². The van der Waals surface area contributed by atoms with Gasteiger partial charge in [0.25, 0.3) is 0 Å². The number of aryl methyl sites for hydroxylation is 1. The summed E-state index contributed by atoms with van der Waals surface area (Å²) in [7, 11) is 0. The molecule has 0 bridgehead atoms. The number of nitrogens with zero attached hydrogens (tertiary/aromatic N) is 1. The van der Waals surface area contributed by atoms with Crippen molar-refractivity contribution in [2.45, 2.75) is 19.3 Å². The second-order valence-electron chi connectivity index (χ2n) is 5.49. The molecule has 0 amide bonds. The van der Waals surface area contributed by atoms with Crippen LogP contribution in [0.1, 0.15) is 28.2 Å². The Morgan fingerprint density at radius 3 is 2.64 bits per heavy atom. The van der Waals surface area contributed by atoms with Crippen LogP contribution < -0.4 is 0 Å². The van der Waals surface area contributed by atoms with Crippen molar-refractivity contribution in [3.8, 4) is 0 Å². The molecule has 0 aliphatic carbocycles. The van der Waals surface area contributed by atoms with Crippen LogP contribution in [0.2, 0.25) is 0 Å². The molecular formula is C19H16BrNO3S. The minimum Gasteiger partial charge on any atom is -0.457 e. The Hall–Kier alpha value is -2.05. The summed E-state index contributed by atoms with van der Waals surface area (Å²) in [5.74, 6) is -0.575. The summed E-state index contributed by atoms with van der Waals surface area (Å²) in [5.41, 5.74) is 1.51. The van der Waals surface area contributed by atoms with Crippen LogP contribution >= 0.6 is 27.3 Å². The molecule has 0 N–H and O–H groups in total. The predicted molar refractivity (Wildman–Crippen MR) is 102 cm³/mol. The van der Waals surface area contributed by atoms with E-state index in [1.165, 1.54) is 0 Å². The maximum atomic E-state index is 12.0. The average Bonchev–Trinajstić information content (AvgIpc) is 3.03. The number of hydrogen-bond donors (Lipinski definition) is 0. The summed E-state index contributed by atoms with van der Waals surface area (Å²) in [6.07, 6.45) is 1.66. The number of carbonyl (C=O) groups is 2. The van der Waals surface area contributed by atoms with Gasteiger partial charge in [-0.25, -0.2) is 4.98 Å². The number of ether oxygens (including phenoxy) is 1. The number of benzene rings is 2. The molecule has 0 saturated carbocycles. The van der Waals surface area contributed by atoms with Gasteiger partial charge in [0.2, 0.25) is 5.78 Å². The van der Waals surface area contributed by atoms with Crippen LogP contribution in [-0.2, 0) is 16.0 Å². The van der Waals surface area contributed by atoms with Crippen LogP contribution in [0.25, 0.3) is 10.2 Å². The van der Waals surface area contributed by atoms with Crippen molar-refractivity contribution in [3.63, 3.8) is 0 Å². The molecule has 1 heterocycles. The summed E-state index contributed by atoms with van der Waals surface area (Å²) < 4.78 is 6.94. The van der Waals surface area contributed by atoms with E-state index in [1.54, 1.807) is 29.5 Å². The van der Waals surface area contributed by atoms with Crippen molar-refractivity contribution >= 4 is 49.2 Å². The first-order valence-corrected chi connectivity index (χ1v) is 9.52. The van der Waals surface area contributed by atoms with Gasteiger partial charge in [-0.1, -0.05) is 46.3 Å². The molecule has 0 radical (unpaired) electrons. The number of hydrogen-bond acceptors (Lipinski definition) is 5. The monoisotopic (exact) mass is 417 g/mol. The number of Topliss-reactive ketones (excluding diaryl/α,β-unsaturated/α-hetero) is 1. The molecule has 3 aromatic rings. The molecule has 0 fully saturated rings. The first kappa shape index (κ1) is 17.8. The van der Waals surface area contributed by atoms with E-state index in [0.29, 0.717) is 16.5 Å². The van der Waals surface area contributed by atoms with Gasteiger partial charge in [-0.15, -0.1) is 11.3 Å². The second-order valence-corrected chi connectivity index (χ2v) is 7.46. The van der Waals surface area contributed by atoms with Gasteiger partial charge in [0.1, 0.15) is 0 Å². The van der Waals surface area contributed by atoms with Crippen LogP contribution in [0.15, 0.2) is 53.0 Å². The van der Waals surface area contributed by atoms with E-state index in [4.69, 9.17) is 4.74 Å². The average molecular weight is 418 g/mol. The fourth-order valence-electron chi connectivity index (χ4n) is 2.39. The highest BCUT2D eigenvalue weighted by Crippen LogP contribution is 2.22. The quantitative estimate of drug-likeness (QED) is 0.408. The molecule has 0 atom stereocenters. The number of ketones is 1. The van der Waals surface area contributed by atoms with E-state index in [9.17, 15) is 9.59 Å². The van der Waals surface area contributed by atoms with Gasteiger partial charge in [-0.2, -0.15) is 0 Å². The van der Waals surface area contributed by atoms with Gasteiger partial charge in [-0.3, -0.25) is 9.59 Å². The van der Waals surface area contributed by atoms with Gasteiger partial charge in [0.05, 0.1) is 15.2 Å². The zero-order chi connectivity index (χ0) is 17.6. The number of rotatable bonds is 7. The molecule has 2 aromatic carbocycles. The molecule has 128 valence electrons. The molecule has 1 aromatic heterocycles. The summed E-state index contributed by atoms with van der Waals surface area (Å²) in [6, 6.07) is 15.1. The van der Waals surface area contributed by atoms with Gasteiger partial charge in [0.15, 0.2) is 6.61 Å². The highest BCUT2D eigenvalue weighted by molar-refractivity contribution is 9.10. The topological polar surface area (TPSA) is 56.3 Å². The van der Waals surface area contributed by atoms with Crippen LogP contribution in [-0.4, -0.2) is 23.3 Å². The van der Waals surface area contributed by atoms with E-state index < -0.39 is 0 Å².